The van der Waals surface area contributed by atoms with Gasteiger partial charge >= 0.3 is 0 Å². The molecule has 2 aromatic carbocycles. The van der Waals surface area contributed by atoms with E-state index in [1.165, 1.54) is 17.4 Å². The number of carbonyl (C=O) groups excluding carboxylic acids is 1. The molecule has 0 saturated heterocycles. The van der Waals surface area contributed by atoms with Gasteiger partial charge in [0.2, 0.25) is 5.91 Å². The summed E-state index contributed by atoms with van der Waals surface area (Å²) >= 11 is 2.54. The Hall–Kier alpha value is -2.25. The van der Waals surface area contributed by atoms with Gasteiger partial charge in [-0.25, -0.2) is 13.8 Å². The maximum atomic E-state index is 13.3. The second-order valence-corrected chi connectivity index (χ2v) is 7.09. The molecule has 3 nitrogen and oxygen atoms in total. The molecule has 0 fully saturated rings. The number of benzene rings is 2. The van der Waals surface area contributed by atoms with Crippen LogP contribution >= 0.6 is 23.1 Å². The monoisotopic (exact) mass is 376 g/mol. The Balaban J connectivity index is 1.81. The number of hydrogen-bond acceptors (Lipinski definition) is 4. The third-order valence-corrected chi connectivity index (χ3v) is 5.24. The van der Waals surface area contributed by atoms with E-state index in [9.17, 15) is 13.6 Å². The molecule has 0 aliphatic heterocycles. The van der Waals surface area contributed by atoms with Crippen molar-refractivity contribution >= 4 is 39.8 Å². The molecular formula is C18H14F2N2OS2. The van der Waals surface area contributed by atoms with Crippen LogP contribution in [0.3, 0.4) is 0 Å². The van der Waals surface area contributed by atoms with E-state index >= 15 is 0 Å². The zero-order chi connectivity index (χ0) is 17.8. The topological polar surface area (TPSA) is 33.2 Å². The number of anilines is 2. The molecule has 25 heavy (non-hydrogen) atoms. The highest BCUT2D eigenvalue weighted by Gasteiger charge is 2.21. The van der Waals surface area contributed by atoms with Gasteiger partial charge in [-0.05, 0) is 37.3 Å². The number of aromatic nitrogens is 1. The first-order chi connectivity index (χ1) is 12.0. The Morgan fingerprint density at radius 1 is 1.16 bits per heavy atom. The van der Waals surface area contributed by atoms with Crippen LogP contribution in [0.1, 0.15) is 5.69 Å². The van der Waals surface area contributed by atoms with Crippen molar-refractivity contribution in [2.45, 2.75) is 11.8 Å². The summed E-state index contributed by atoms with van der Waals surface area (Å²) in [7, 11) is 0. The molecule has 128 valence electrons. The lowest BCUT2D eigenvalue weighted by Crippen LogP contribution is -2.27. The number of nitrogens with zero attached hydrogens (tertiary/aromatic N) is 2. The van der Waals surface area contributed by atoms with Crippen molar-refractivity contribution in [3.63, 3.8) is 0 Å². The summed E-state index contributed by atoms with van der Waals surface area (Å²) in [5.41, 5.74) is 1.55. The molecule has 0 unspecified atom stereocenters. The van der Waals surface area contributed by atoms with Gasteiger partial charge in [-0.3, -0.25) is 9.69 Å². The van der Waals surface area contributed by atoms with Crippen LogP contribution in [0.5, 0.6) is 0 Å². The molecule has 1 amide bonds. The quantitative estimate of drug-likeness (QED) is 0.575. The first-order valence-corrected chi connectivity index (χ1v) is 9.29. The van der Waals surface area contributed by atoms with E-state index in [1.807, 2.05) is 42.6 Å². The number of amides is 1. The van der Waals surface area contributed by atoms with Crippen LogP contribution in [0.4, 0.5) is 19.6 Å². The molecule has 0 radical (unpaired) electrons. The van der Waals surface area contributed by atoms with E-state index in [4.69, 9.17) is 0 Å². The third-order valence-electron chi connectivity index (χ3n) is 3.32. The number of rotatable bonds is 5. The van der Waals surface area contributed by atoms with Gasteiger partial charge in [-0.1, -0.05) is 18.2 Å². The zero-order valence-electron chi connectivity index (χ0n) is 13.3. The van der Waals surface area contributed by atoms with Crippen molar-refractivity contribution in [3.8, 4) is 0 Å². The average molecular weight is 376 g/mol. The van der Waals surface area contributed by atoms with Crippen LogP contribution < -0.4 is 4.90 Å². The molecule has 3 rings (SSSR count). The molecule has 1 aromatic heterocycles. The van der Waals surface area contributed by atoms with E-state index < -0.39 is 11.6 Å². The number of thioether (sulfide) groups is 1. The molecule has 0 aliphatic carbocycles. The van der Waals surface area contributed by atoms with E-state index in [2.05, 4.69) is 4.98 Å². The molecule has 3 aromatic rings. The molecule has 1 heterocycles. The van der Waals surface area contributed by atoms with Crippen LogP contribution in [0.2, 0.25) is 0 Å². The van der Waals surface area contributed by atoms with Gasteiger partial charge in [0.1, 0.15) is 0 Å². The minimum absolute atomic E-state index is 0.0819. The maximum Gasteiger partial charge on any atom is 0.243 e. The second kappa shape index (κ2) is 7.76. The average Bonchev–Trinajstić information content (AvgIpc) is 3.03. The van der Waals surface area contributed by atoms with Crippen molar-refractivity contribution in [2.75, 3.05) is 10.7 Å². The summed E-state index contributed by atoms with van der Waals surface area (Å²) in [6.45, 7) is 1.86. The Kier molecular flexibility index (Phi) is 5.45. The Morgan fingerprint density at radius 2 is 1.92 bits per heavy atom. The van der Waals surface area contributed by atoms with Crippen molar-refractivity contribution in [1.29, 1.82) is 0 Å². The Labute approximate surface area is 152 Å². The van der Waals surface area contributed by atoms with Crippen molar-refractivity contribution in [3.05, 3.63) is 71.2 Å². The van der Waals surface area contributed by atoms with E-state index in [-0.39, 0.29) is 11.7 Å². The highest BCUT2D eigenvalue weighted by Crippen LogP contribution is 2.30. The predicted octanol–water partition coefficient (Wildman–Crippen LogP) is 5.19. The molecule has 0 bridgehead atoms. The van der Waals surface area contributed by atoms with Crippen molar-refractivity contribution < 1.29 is 13.6 Å². The number of hydrogen-bond donors (Lipinski definition) is 0. The molecule has 0 aliphatic rings. The van der Waals surface area contributed by atoms with Gasteiger partial charge in [-0.15, -0.1) is 23.1 Å². The first-order valence-electron chi connectivity index (χ1n) is 7.42. The first kappa shape index (κ1) is 17.6. The lowest BCUT2D eigenvalue weighted by Gasteiger charge is -2.19. The second-order valence-electron chi connectivity index (χ2n) is 5.20. The summed E-state index contributed by atoms with van der Waals surface area (Å²) in [4.78, 5) is 19.2. The number of para-hydroxylation sites is 1. The molecule has 0 atom stereocenters. The van der Waals surface area contributed by atoms with Gasteiger partial charge in [0.05, 0.1) is 17.1 Å². The summed E-state index contributed by atoms with van der Waals surface area (Å²) in [6, 6.07) is 12.8. The largest absolute Gasteiger partial charge is 0.273 e. The fourth-order valence-electron chi connectivity index (χ4n) is 2.16. The van der Waals surface area contributed by atoms with E-state index in [1.54, 1.807) is 4.90 Å². The van der Waals surface area contributed by atoms with E-state index in [0.29, 0.717) is 15.7 Å². The minimum Gasteiger partial charge on any atom is -0.273 e. The Bertz CT molecular complexity index is 884. The van der Waals surface area contributed by atoms with E-state index in [0.717, 1.165) is 29.6 Å². The smallest absolute Gasteiger partial charge is 0.243 e. The normalized spacial score (nSPS) is 10.7. The third kappa shape index (κ3) is 4.24. The van der Waals surface area contributed by atoms with Crippen LogP contribution in [-0.4, -0.2) is 16.6 Å². The summed E-state index contributed by atoms with van der Waals surface area (Å²) in [6.07, 6.45) is 0. The number of thiazole rings is 1. The lowest BCUT2D eigenvalue weighted by molar-refractivity contribution is -0.115. The number of aryl methyl sites for hydroxylation is 1. The van der Waals surface area contributed by atoms with Gasteiger partial charge in [-0.2, -0.15) is 0 Å². The number of halogens is 2. The fraction of sp³-hybridized carbons (Fsp3) is 0.111. The molecule has 0 saturated carbocycles. The van der Waals surface area contributed by atoms with Gasteiger partial charge in [0, 0.05) is 10.3 Å². The molecule has 7 heteroatoms. The zero-order valence-corrected chi connectivity index (χ0v) is 14.9. The molecular weight excluding hydrogens is 362 g/mol. The predicted molar refractivity (Wildman–Crippen MR) is 97.5 cm³/mol. The van der Waals surface area contributed by atoms with Crippen LogP contribution in [0.15, 0.2) is 58.8 Å². The maximum absolute atomic E-state index is 13.3. The minimum atomic E-state index is -0.923. The SMILES string of the molecule is Cc1csc(N(C(=O)CSc2ccc(F)c(F)c2)c2ccccc2)n1. The molecule has 0 N–H and O–H groups in total. The summed E-state index contributed by atoms with van der Waals surface area (Å²) in [5.74, 6) is -1.93. The van der Waals surface area contributed by atoms with Gasteiger partial charge < -0.3 is 0 Å². The Morgan fingerprint density at radius 3 is 2.56 bits per heavy atom. The highest BCUT2D eigenvalue weighted by molar-refractivity contribution is 8.00. The number of carbonyl (C=O) groups is 1. The summed E-state index contributed by atoms with van der Waals surface area (Å²) < 4.78 is 26.3. The standard InChI is InChI=1S/C18H14F2N2OS2/c1-12-10-25-18(21-12)22(13-5-3-2-4-6-13)17(23)11-24-14-7-8-15(19)16(20)9-14/h2-10H,11H2,1H3. The van der Waals surface area contributed by atoms with Crippen LogP contribution in [0, 0.1) is 18.6 Å². The summed E-state index contributed by atoms with van der Waals surface area (Å²) in [5, 5.41) is 2.46. The van der Waals surface area contributed by atoms with Crippen molar-refractivity contribution in [2.24, 2.45) is 0 Å². The van der Waals surface area contributed by atoms with Crippen molar-refractivity contribution in [1.82, 2.24) is 4.98 Å². The highest BCUT2D eigenvalue weighted by atomic mass is 32.2. The lowest BCUT2D eigenvalue weighted by atomic mass is 10.3. The fourth-order valence-corrected chi connectivity index (χ4v) is 3.77. The van der Waals surface area contributed by atoms with Crippen LogP contribution in [-0.2, 0) is 4.79 Å². The van der Waals surface area contributed by atoms with Gasteiger partial charge in [0.25, 0.3) is 0 Å². The molecule has 0 spiro atoms. The van der Waals surface area contributed by atoms with Crippen LogP contribution in [0.25, 0.3) is 0 Å². The van der Waals surface area contributed by atoms with Gasteiger partial charge in [0.15, 0.2) is 16.8 Å².